The highest BCUT2D eigenvalue weighted by Gasteiger charge is 2.13. The molecule has 0 saturated carbocycles. The average Bonchev–Trinajstić information content (AvgIpc) is 2.95. The van der Waals surface area contributed by atoms with Crippen molar-refractivity contribution in [3.05, 3.63) is 53.9 Å². The maximum absolute atomic E-state index is 12.6. The zero-order chi connectivity index (χ0) is 28.0. The first-order chi connectivity index (χ1) is 19.2. The van der Waals surface area contributed by atoms with E-state index >= 15 is 0 Å². The number of carbonyl (C=O) groups is 1. The van der Waals surface area contributed by atoms with E-state index in [1.165, 1.54) is 83.5 Å². The molecule has 1 amide bonds. The van der Waals surface area contributed by atoms with Crippen molar-refractivity contribution in [3.63, 3.8) is 0 Å². The fourth-order valence-electron chi connectivity index (χ4n) is 5.00. The number of unbranched alkanes of at least 4 members (excludes halogenated alkanes) is 13. The molecule has 2 rings (SSSR count). The van der Waals surface area contributed by atoms with Gasteiger partial charge in [0.25, 0.3) is 0 Å². The van der Waals surface area contributed by atoms with E-state index in [1.54, 1.807) is 7.11 Å². The molecule has 6 heteroatoms. The van der Waals surface area contributed by atoms with Gasteiger partial charge >= 0.3 is 0 Å². The summed E-state index contributed by atoms with van der Waals surface area (Å²) in [7, 11) is 1.64. The molecule has 0 atom stereocenters. The van der Waals surface area contributed by atoms with Gasteiger partial charge in [-0.25, -0.2) is 4.57 Å². The van der Waals surface area contributed by atoms with Crippen LogP contribution in [-0.2, 0) is 24.3 Å². The number of hydrogen-bond acceptors (Lipinski definition) is 3. The molecule has 0 spiro atoms. The standard InChI is InChI=1S/C34H54N2O3.HI/c1-4-6-7-8-9-10-11-12-13-14-15-16-17-20-26-39-32-23-22-30(33(28-32)38-3)27-34(37)35-29-31-21-18-19-25-36(31)24-5-2;/h18-19,21-23,25,28H,4-17,20,24,26-27,29H2,1-3H3;1H. The predicted molar refractivity (Wildman–Crippen MR) is 161 cm³/mol. The van der Waals surface area contributed by atoms with Crippen LogP contribution in [0.2, 0.25) is 0 Å². The molecular formula is C34H55IN2O3. The SMILES string of the molecule is CCCCCCCCCCCCCCCCOc1ccc(CC(=O)NCc2cccc[n+]2CCC)c(OC)c1.[I-]. The van der Waals surface area contributed by atoms with Gasteiger partial charge in [-0.3, -0.25) is 4.79 Å². The fraction of sp³-hybridized carbons (Fsp3) is 0.647. The van der Waals surface area contributed by atoms with Crippen molar-refractivity contribution in [1.29, 1.82) is 0 Å². The van der Waals surface area contributed by atoms with Gasteiger partial charge < -0.3 is 38.8 Å². The summed E-state index contributed by atoms with van der Waals surface area (Å²) in [5.41, 5.74) is 1.97. The van der Waals surface area contributed by atoms with Crippen LogP contribution in [0, 0.1) is 0 Å². The molecule has 0 aliphatic carbocycles. The van der Waals surface area contributed by atoms with E-state index in [-0.39, 0.29) is 36.3 Å². The highest BCUT2D eigenvalue weighted by atomic mass is 127. The Morgan fingerprint density at radius 2 is 1.43 bits per heavy atom. The van der Waals surface area contributed by atoms with E-state index in [0.29, 0.717) is 12.3 Å². The van der Waals surface area contributed by atoms with E-state index in [2.05, 4.69) is 36.0 Å². The van der Waals surface area contributed by atoms with E-state index in [9.17, 15) is 4.79 Å². The van der Waals surface area contributed by atoms with Crippen molar-refractivity contribution in [1.82, 2.24) is 5.32 Å². The Morgan fingerprint density at radius 3 is 2.02 bits per heavy atom. The molecule has 1 aromatic carbocycles. The third-order valence-electron chi connectivity index (χ3n) is 7.34. The van der Waals surface area contributed by atoms with Crippen LogP contribution in [0.3, 0.4) is 0 Å². The molecule has 0 aliphatic rings. The Bertz CT molecular complexity index is 922. The van der Waals surface area contributed by atoms with Crippen LogP contribution in [0.1, 0.15) is 121 Å². The Hall–Kier alpha value is -1.83. The molecule has 226 valence electrons. The Balaban J connectivity index is 0.00000800. The Labute approximate surface area is 261 Å². The van der Waals surface area contributed by atoms with E-state index in [0.717, 1.165) is 43.0 Å². The molecule has 0 bridgehead atoms. The predicted octanol–water partition coefficient (Wildman–Crippen LogP) is 5.12. The van der Waals surface area contributed by atoms with Crippen LogP contribution in [0.4, 0.5) is 0 Å². The van der Waals surface area contributed by atoms with Crippen LogP contribution in [0.25, 0.3) is 0 Å². The zero-order valence-corrected chi connectivity index (χ0v) is 27.7. The molecule has 0 aliphatic heterocycles. The maximum atomic E-state index is 12.6. The Morgan fingerprint density at radius 1 is 0.800 bits per heavy atom. The van der Waals surface area contributed by atoms with E-state index in [4.69, 9.17) is 9.47 Å². The number of methoxy groups -OCH3 is 1. The quantitative estimate of drug-likeness (QED) is 0.102. The number of ether oxygens (including phenoxy) is 2. The smallest absolute Gasteiger partial charge is 0.225 e. The summed E-state index contributed by atoms with van der Waals surface area (Å²) in [4.78, 5) is 12.6. The summed E-state index contributed by atoms with van der Waals surface area (Å²) >= 11 is 0. The monoisotopic (exact) mass is 666 g/mol. The second kappa shape index (κ2) is 23.8. The van der Waals surface area contributed by atoms with Crippen molar-refractivity contribution in [2.75, 3.05) is 13.7 Å². The van der Waals surface area contributed by atoms with Gasteiger partial charge in [-0.1, -0.05) is 109 Å². The van der Waals surface area contributed by atoms with Crippen molar-refractivity contribution in [3.8, 4) is 11.5 Å². The molecule has 1 N–H and O–H groups in total. The van der Waals surface area contributed by atoms with Gasteiger partial charge in [-0.05, 0) is 12.5 Å². The maximum Gasteiger partial charge on any atom is 0.225 e. The second-order valence-electron chi connectivity index (χ2n) is 10.8. The Kier molecular flexibility index (Phi) is 21.6. The molecule has 5 nitrogen and oxygen atoms in total. The topological polar surface area (TPSA) is 51.4 Å². The third kappa shape index (κ3) is 15.8. The van der Waals surface area contributed by atoms with E-state index in [1.807, 2.05) is 30.3 Å². The molecule has 0 radical (unpaired) electrons. The number of rotatable bonds is 23. The zero-order valence-electron chi connectivity index (χ0n) is 25.5. The van der Waals surface area contributed by atoms with Crippen LogP contribution < -0.4 is 43.3 Å². The van der Waals surface area contributed by atoms with Gasteiger partial charge in [0.2, 0.25) is 11.6 Å². The summed E-state index contributed by atoms with van der Waals surface area (Å²) in [6.07, 6.45) is 22.3. The first-order valence-electron chi connectivity index (χ1n) is 15.7. The molecule has 40 heavy (non-hydrogen) atoms. The molecule has 0 saturated heterocycles. The van der Waals surface area contributed by atoms with Gasteiger partial charge in [0.1, 0.15) is 24.6 Å². The van der Waals surface area contributed by atoms with Crippen molar-refractivity contribution < 1.29 is 42.8 Å². The fourth-order valence-corrected chi connectivity index (χ4v) is 5.00. The lowest BCUT2D eigenvalue weighted by Crippen LogP contribution is -3.00. The molecule has 0 fully saturated rings. The molecular weight excluding hydrogens is 611 g/mol. The van der Waals surface area contributed by atoms with Crippen LogP contribution >= 0.6 is 0 Å². The number of amides is 1. The van der Waals surface area contributed by atoms with Gasteiger partial charge in [-0.15, -0.1) is 0 Å². The number of carbonyl (C=O) groups excluding carboxylic acids is 1. The van der Waals surface area contributed by atoms with Crippen molar-refractivity contribution in [2.45, 2.75) is 130 Å². The number of hydrogen-bond donors (Lipinski definition) is 1. The summed E-state index contributed by atoms with van der Waals surface area (Å²) in [6.45, 7) is 6.62. The van der Waals surface area contributed by atoms with Gasteiger partial charge in [0.05, 0.1) is 20.1 Å². The minimum absolute atomic E-state index is 0. The lowest BCUT2D eigenvalue weighted by Gasteiger charge is -2.12. The number of aromatic nitrogens is 1. The van der Waals surface area contributed by atoms with Gasteiger partial charge in [-0.2, -0.15) is 0 Å². The number of halogens is 1. The summed E-state index contributed by atoms with van der Waals surface area (Å²) in [5, 5.41) is 3.05. The van der Waals surface area contributed by atoms with Crippen LogP contribution in [0.15, 0.2) is 42.6 Å². The van der Waals surface area contributed by atoms with Crippen LogP contribution in [-0.4, -0.2) is 19.6 Å². The minimum Gasteiger partial charge on any atom is -1.00 e. The molecule has 1 heterocycles. The molecule has 1 aromatic heterocycles. The lowest BCUT2D eigenvalue weighted by atomic mass is 10.0. The highest BCUT2D eigenvalue weighted by Crippen LogP contribution is 2.25. The summed E-state index contributed by atoms with van der Waals surface area (Å²) in [5.74, 6) is 1.48. The van der Waals surface area contributed by atoms with Gasteiger partial charge in [0, 0.05) is 30.2 Å². The summed E-state index contributed by atoms with van der Waals surface area (Å²) < 4.78 is 13.7. The number of aryl methyl sites for hydroxylation is 1. The first kappa shape index (κ1) is 36.2. The lowest BCUT2D eigenvalue weighted by molar-refractivity contribution is -0.704. The normalized spacial score (nSPS) is 10.7. The van der Waals surface area contributed by atoms with Gasteiger partial charge in [0.15, 0.2) is 6.20 Å². The molecule has 2 aromatic rings. The number of pyridine rings is 1. The second-order valence-corrected chi connectivity index (χ2v) is 10.8. The average molecular weight is 667 g/mol. The largest absolute Gasteiger partial charge is 1.00 e. The summed E-state index contributed by atoms with van der Waals surface area (Å²) in [6, 6.07) is 11.9. The number of benzene rings is 1. The van der Waals surface area contributed by atoms with Crippen molar-refractivity contribution in [2.24, 2.45) is 0 Å². The first-order valence-corrected chi connectivity index (χ1v) is 15.7. The van der Waals surface area contributed by atoms with E-state index < -0.39 is 0 Å². The highest BCUT2D eigenvalue weighted by molar-refractivity contribution is 5.79. The van der Waals surface area contributed by atoms with Crippen LogP contribution in [0.5, 0.6) is 11.5 Å². The number of nitrogens with one attached hydrogen (secondary N) is 1. The third-order valence-corrected chi connectivity index (χ3v) is 7.34. The minimum atomic E-state index is -0.0173. The van der Waals surface area contributed by atoms with Crippen molar-refractivity contribution >= 4 is 5.91 Å². The number of nitrogens with zero attached hydrogens (tertiary/aromatic N) is 1. The molecule has 0 unspecified atom stereocenters.